The van der Waals surface area contributed by atoms with Crippen molar-refractivity contribution in [2.45, 2.75) is 44.6 Å². The summed E-state index contributed by atoms with van der Waals surface area (Å²) in [4.78, 5) is 4.31. The lowest BCUT2D eigenvalue weighted by molar-refractivity contribution is 0.383. The van der Waals surface area contributed by atoms with E-state index in [1.807, 2.05) is 23.7 Å². The first kappa shape index (κ1) is 10.7. The van der Waals surface area contributed by atoms with Crippen LogP contribution in [0.25, 0.3) is 5.65 Å². The van der Waals surface area contributed by atoms with Crippen LogP contribution >= 0.6 is 0 Å². The van der Waals surface area contributed by atoms with Crippen LogP contribution in [0.1, 0.15) is 43.1 Å². The summed E-state index contributed by atoms with van der Waals surface area (Å²) in [7, 11) is 0. The van der Waals surface area contributed by atoms with Gasteiger partial charge in [-0.2, -0.15) is 0 Å². The highest BCUT2D eigenvalue weighted by molar-refractivity contribution is 5.38. The lowest BCUT2D eigenvalue weighted by Gasteiger charge is -2.24. The van der Waals surface area contributed by atoms with Crippen LogP contribution in [0.5, 0.6) is 0 Å². The van der Waals surface area contributed by atoms with E-state index >= 15 is 0 Å². The molecule has 2 N–H and O–H groups in total. The molecule has 1 fully saturated rings. The molecule has 0 atom stereocenters. The minimum atomic E-state index is 0.366. The lowest BCUT2D eigenvalue weighted by Crippen LogP contribution is -2.26. The molecule has 2 aromatic heterocycles. The molecule has 17 heavy (non-hydrogen) atoms. The van der Waals surface area contributed by atoms with Crippen LogP contribution in [0.15, 0.2) is 12.4 Å². The molecule has 2 aromatic rings. The third-order valence-corrected chi connectivity index (χ3v) is 3.60. The lowest BCUT2D eigenvalue weighted by atomic mass is 9.86. The molecular weight excluding hydrogens is 214 g/mol. The van der Waals surface area contributed by atoms with Gasteiger partial charge >= 0.3 is 0 Å². The highest BCUT2D eigenvalue weighted by Crippen LogP contribution is 2.31. The van der Waals surface area contributed by atoms with Gasteiger partial charge in [0.25, 0.3) is 0 Å². The smallest absolute Gasteiger partial charge is 0.163 e. The standard InChI is InChI=1S/C12H17N5/c1-8-6-11-15-16-12(17(11)7-14-8)9-2-4-10(13)5-3-9/h6-7,9-10H,2-5,13H2,1H3. The minimum absolute atomic E-state index is 0.366. The maximum absolute atomic E-state index is 5.93. The third-order valence-electron chi connectivity index (χ3n) is 3.60. The van der Waals surface area contributed by atoms with Gasteiger partial charge < -0.3 is 5.73 Å². The predicted octanol–water partition coefficient (Wildman–Crippen LogP) is 1.42. The molecule has 1 saturated carbocycles. The van der Waals surface area contributed by atoms with Gasteiger partial charge in [0.05, 0.1) is 0 Å². The molecule has 1 aliphatic carbocycles. The highest BCUT2D eigenvalue weighted by atomic mass is 15.3. The maximum Gasteiger partial charge on any atom is 0.163 e. The number of aromatic nitrogens is 4. The van der Waals surface area contributed by atoms with Gasteiger partial charge in [-0.25, -0.2) is 4.98 Å². The summed E-state index contributed by atoms with van der Waals surface area (Å²) in [5.41, 5.74) is 7.79. The zero-order valence-corrected chi connectivity index (χ0v) is 10.0. The summed E-state index contributed by atoms with van der Waals surface area (Å²) < 4.78 is 2.01. The van der Waals surface area contributed by atoms with Crippen molar-refractivity contribution in [1.29, 1.82) is 0 Å². The fraction of sp³-hybridized carbons (Fsp3) is 0.583. The molecule has 3 rings (SSSR count). The fourth-order valence-corrected chi connectivity index (χ4v) is 2.56. The van der Waals surface area contributed by atoms with Crippen LogP contribution in [0.4, 0.5) is 0 Å². The quantitative estimate of drug-likeness (QED) is 0.805. The van der Waals surface area contributed by atoms with Crippen molar-refractivity contribution >= 4 is 5.65 Å². The van der Waals surface area contributed by atoms with Gasteiger partial charge in [0.2, 0.25) is 0 Å². The Balaban J connectivity index is 1.95. The zero-order chi connectivity index (χ0) is 11.8. The highest BCUT2D eigenvalue weighted by Gasteiger charge is 2.24. The van der Waals surface area contributed by atoms with E-state index in [9.17, 15) is 0 Å². The third kappa shape index (κ3) is 1.91. The van der Waals surface area contributed by atoms with Crippen LogP contribution < -0.4 is 5.73 Å². The summed E-state index contributed by atoms with van der Waals surface area (Å²) in [6.07, 6.45) is 6.21. The van der Waals surface area contributed by atoms with Crippen molar-refractivity contribution in [1.82, 2.24) is 19.6 Å². The molecule has 5 nitrogen and oxygen atoms in total. The molecule has 2 heterocycles. The van der Waals surface area contributed by atoms with Gasteiger partial charge in [-0.15, -0.1) is 10.2 Å². The first-order chi connectivity index (χ1) is 8.24. The normalized spacial score (nSPS) is 25.3. The van der Waals surface area contributed by atoms with E-state index in [4.69, 9.17) is 5.73 Å². The predicted molar refractivity (Wildman–Crippen MR) is 64.7 cm³/mol. The Morgan fingerprint density at radius 3 is 2.76 bits per heavy atom. The van der Waals surface area contributed by atoms with E-state index in [0.717, 1.165) is 42.8 Å². The van der Waals surface area contributed by atoms with E-state index in [1.165, 1.54) is 0 Å². The summed E-state index contributed by atoms with van der Waals surface area (Å²) >= 11 is 0. The number of fused-ring (bicyclic) bond motifs is 1. The van der Waals surface area contributed by atoms with Crippen molar-refractivity contribution in [2.24, 2.45) is 5.73 Å². The van der Waals surface area contributed by atoms with E-state index in [1.54, 1.807) is 0 Å². The topological polar surface area (TPSA) is 69.1 Å². The first-order valence-corrected chi connectivity index (χ1v) is 6.17. The van der Waals surface area contributed by atoms with E-state index in [0.29, 0.717) is 12.0 Å². The van der Waals surface area contributed by atoms with Crippen LogP contribution in [0.3, 0.4) is 0 Å². The molecule has 0 radical (unpaired) electrons. The molecule has 0 saturated heterocycles. The van der Waals surface area contributed by atoms with E-state index in [2.05, 4.69) is 15.2 Å². The number of nitrogens with zero attached hydrogens (tertiary/aromatic N) is 4. The Morgan fingerprint density at radius 1 is 1.24 bits per heavy atom. The fourth-order valence-electron chi connectivity index (χ4n) is 2.56. The first-order valence-electron chi connectivity index (χ1n) is 6.17. The van der Waals surface area contributed by atoms with Crippen molar-refractivity contribution < 1.29 is 0 Å². The SMILES string of the molecule is Cc1cc2nnc(C3CCC(N)CC3)n2cn1. The maximum atomic E-state index is 5.93. The van der Waals surface area contributed by atoms with Gasteiger partial charge in [-0.05, 0) is 32.6 Å². The molecule has 0 bridgehead atoms. The molecule has 1 aliphatic rings. The van der Waals surface area contributed by atoms with E-state index in [-0.39, 0.29) is 0 Å². The second-order valence-electron chi connectivity index (χ2n) is 4.93. The van der Waals surface area contributed by atoms with Crippen LogP contribution in [-0.2, 0) is 0 Å². The Labute approximate surface area is 100 Å². The molecule has 0 spiro atoms. The van der Waals surface area contributed by atoms with Crippen molar-refractivity contribution in [2.75, 3.05) is 0 Å². The monoisotopic (exact) mass is 231 g/mol. The summed E-state index contributed by atoms with van der Waals surface area (Å²) in [5.74, 6) is 1.52. The number of rotatable bonds is 1. The van der Waals surface area contributed by atoms with Gasteiger partial charge in [0.15, 0.2) is 5.65 Å². The summed E-state index contributed by atoms with van der Waals surface area (Å²) in [5, 5.41) is 8.53. The molecular formula is C12H17N5. The van der Waals surface area contributed by atoms with Gasteiger partial charge in [0, 0.05) is 23.7 Å². The number of nitrogens with two attached hydrogens (primary N) is 1. The van der Waals surface area contributed by atoms with Crippen LogP contribution in [-0.4, -0.2) is 25.6 Å². The minimum Gasteiger partial charge on any atom is -0.328 e. The molecule has 0 amide bonds. The summed E-state index contributed by atoms with van der Waals surface area (Å²) in [6.45, 7) is 1.97. The number of aryl methyl sites for hydroxylation is 1. The van der Waals surface area contributed by atoms with Crippen molar-refractivity contribution in [3.8, 4) is 0 Å². The average molecular weight is 231 g/mol. The molecule has 0 aliphatic heterocycles. The van der Waals surface area contributed by atoms with Gasteiger partial charge in [0.1, 0.15) is 12.2 Å². The van der Waals surface area contributed by atoms with Gasteiger partial charge in [-0.1, -0.05) is 0 Å². The molecule has 90 valence electrons. The molecule has 0 unspecified atom stereocenters. The average Bonchev–Trinajstić information content (AvgIpc) is 2.73. The van der Waals surface area contributed by atoms with Crippen LogP contribution in [0.2, 0.25) is 0 Å². The Bertz CT molecular complexity index is 525. The Hall–Kier alpha value is -1.49. The van der Waals surface area contributed by atoms with Crippen molar-refractivity contribution in [3.63, 3.8) is 0 Å². The zero-order valence-electron chi connectivity index (χ0n) is 10.0. The second kappa shape index (κ2) is 4.07. The summed E-state index contributed by atoms with van der Waals surface area (Å²) in [6, 6.07) is 2.33. The number of hydrogen-bond donors (Lipinski definition) is 1. The second-order valence-corrected chi connectivity index (χ2v) is 4.93. The van der Waals surface area contributed by atoms with E-state index < -0.39 is 0 Å². The van der Waals surface area contributed by atoms with Crippen molar-refractivity contribution in [3.05, 3.63) is 23.9 Å². The molecule has 0 aromatic carbocycles. The largest absolute Gasteiger partial charge is 0.328 e. The Kier molecular flexibility index (Phi) is 2.55. The van der Waals surface area contributed by atoms with Gasteiger partial charge in [-0.3, -0.25) is 4.40 Å². The number of hydrogen-bond acceptors (Lipinski definition) is 4. The molecule has 5 heteroatoms. The van der Waals surface area contributed by atoms with Crippen LogP contribution in [0, 0.1) is 6.92 Å². The Morgan fingerprint density at radius 2 is 2.00 bits per heavy atom.